The van der Waals surface area contributed by atoms with Crippen LogP contribution in [0.15, 0.2) is 0 Å². The van der Waals surface area contributed by atoms with E-state index < -0.39 is 0 Å². The highest BCUT2D eigenvalue weighted by Gasteiger charge is 2.13. The first-order valence-electron chi connectivity index (χ1n) is 9.67. The quantitative estimate of drug-likeness (QED) is 0.338. The highest BCUT2D eigenvalue weighted by atomic mass is 16.6. The molecule has 0 fully saturated rings. The molecule has 0 atom stereocenters. The van der Waals surface area contributed by atoms with Crippen LogP contribution in [0.2, 0.25) is 0 Å². The van der Waals surface area contributed by atoms with Gasteiger partial charge in [-0.05, 0) is 19.3 Å². The Morgan fingerprint density at radius 1 is 0.682 bits per heavy atom. The zero-order valence-corrected chi connectivity index (χ0v) is 15.4. The molecule has 22 heavy (non-hydrogen) atoms. The normalized spacial score (nSPS) is 10.7. The van der Waals surface area contributed by atoms with E-state index in [0.717, 1.165) is 32.4 Å². The van der Waals surface area contributed by atoms with Gasteiger partial charge in [0.05, 0.1) is 6.61 Å². The number of carbonyl (C=O) groups excluding carboxylic acids is 1. The maximum atomic E-state index is 12.2. The fourth-order valence-corrected chi connectivity index (χ4v) is 2.53. The van der Waals surface area contributed by atoms with Crippen LogP contribution in [-0.2, 0) is 4.74 Å². The zero-order chi connectivity index (χ0) is 16.5. The van der Waals surface area contributed by atoms with E-state index in [4.69, 9.17) is 4.74 Å². The molecule has 0 unspecified atom stereocenters. The van der Waals surface area contributed by atoms with Crippen LogP contribution in [0.4, 0.5) is 4.79 Å². The molecule has 0 aromatic heterocycles. The first-order valence-corrected chi connectivity index (χ1v) is 9.67. The Labute approximate surface area is 138 Å². The number of hydrogen-bond donors (Lipinski definition) is 0. The van der Waals surface area contributed by atoms with Gasteiger partial charge >= 0.3 is 6.09 Å². The van der Waals surface area contributed by atoms with Crippen LogP contribution in [0.1, 0.15) is 97.8 Å². The second kappa shape index (κ2) is 16.6. The van der Waals surface area contributed by atoms with Crippen molar-refractivity contribution in [3.63, 3.8) is 0 Å². The van der Waals surface area contributed by atoms with E-state index in [-0.39, 0.29) is 6.09 Å². The lowest BCUT2D eigenvalue weighted by Gasteiger charge is -2.22. The second-order valence-corrected chi connectivity index (χ2v) is 6.28. The minimum absolute atomic E-state index is 0.0965. The fraction of sp³-hybridized carbons (Fsp3) is 0.947. The summed E-state index contributed by atoms with van der Waals surface area (Å²) in [6, 6.07) is 0. The van der Waals surface area contributed by atoms with Gasteiger partial charge in [0.15, 0.2) is 0 Å². The number of nitrogens with zero attached hydrogens (tertiary/aromatic N) is 1. The first-order chi connectivity index (χ1) is 10.8. The highest BCUT2D eigenvalue weighted by molar-refractivity contribution is 5.67. The van der Waals surface area contributed by atoms with Gasteiger partial charge < -0.3 is 9.64 Å². The van der Waals surface area contributed by atoms with Crippen molar-refractivity contribution in [3.05, 3.63) is 0 Å². The van der Waals surface area contributed by atoms with Gasteiger partial charge in [0.25, 0.3) is 0 Å². The number of carbonyl (C=O) groups is 1. The molecule has 1 amide bonds. The molecule has 0 rings (SSSR count). The maximum Gasteiger partial charge on any atom is 0.409 e. The molecular weight excluding hydrogens is 274 g/mol. The van der Waals surface area contributed by atoms with E-state index in [2.05, 4.69) is 20.8 Å². The number of amides is 1. The van der Waals surface area contributed by atoms with Gasteiger partial charge in [0.1, 0.15) is 0 Å². The Bertz CT molecular complexity index is 234. The van der Waals surface area contributed by atoms with Crippen molar-refractivity contribution in [2.45, 2.75) is 97.8 Å². The Hall–Kier alpha value is -0.730. The Morgan fingerprint density at radius 2 is 1.14 bits per heavy atom. The zero-order valence-electron chi connectivity index (χ0n) is 15.4. The monoisotopic (exact) mass is 313 g/mol. The summed E-state index contributed by atoms with van der Waals surface area (Å²) in [5.41, 5.74) is 0. The van der Waals surface area contributed by atoms with Crippen LogP contribution >= 0.6 is 0 Å². The van der Waals surface area contributed by atoms with Gasteiger partial charge in [-0.1, -0.05) is 78.6 Å². The third kappa shape index (κ3) is 13.0. The van der Waals surface area contributed by atoms with Crippen molar-refractivity contribution in [1.82, 2.24) is 4.90 Å². The van der Waals surface area contributed by atoms with Crippen LogP contribution in [0.25, 0.3) is 0 Å². The van der Waals surface area contributed by atoms with Crippen LogP contribution in [0.5, 0.6) is 0 Å². The van der Waals surface area contributed by atoms with Crippen LogP contribution in [-0.4, -0.2) is 30.7 Å². The third-order valence-corrected chi connectivity index (χ3v) is 4.04. The summed E-state index contributed by atoms with van der Waals surface area (Å²) in [5.74, 6) is 0. The first kappa shape index (κ1) is 21.3. The third-order valence-electron chi connectivity index (χ3n) is 4.04. The fourth-order valence-electron chi connectivity index (χ4n) is 2.53. The van der Waals surface area contributed by atoms with E-state index in [1.165, 1.54) is 57.8 Å². The number of hydrogen-bond acceptors (Lipinski definition) is 2. The van der Waals surface area contributed by atoms with Crippen molar-refractivity contribution in [2.24, 2.45) is 0 Å². The molecule has 0 aromatic rings. The van der Waals surface area contributed by atoms with Crippen molar-refractivity contribution in [3.8, 4) is 0 Å². The summed E-state index contributed by atoms with van der Waals surface area (Å²) in [6.45, 7) is 8.91. The van der Waals surface area contributed by atoms with E-state index in [0.29, 0.717) is 6.61 Å². The molecule has 0 heterocycles. The predicted molar refractivity (Wildman–Crippen MR) is 95.3 cm³/mol. The number of ether oxygens (including phenoxy) is 1. The minimum atomic E-state index is -0.0965. The van der Waals surface area contributed by atoms with Crippen molar-refractivity contribution >= 4 is 6.09 Å². The van der Waals surface area contributed by atoms with E-state index in [9.17, 15) is 4.79 Å². The molecule has 0 spiro atoms. The average Bonchev–Trinajstić information content (AvgIpc) is 2.52. The van der Waals surface area contributed by atoms with Gasteiger partial charge in [-0.2, -0.15) is 0 Å². The van der Waals surface area contributed by atoms with Gasteiger partial charge in [-0.25, -0.2) is 4.79 Å². The Kier molecular flexibility index (Phi) is 16.1. The summed E-state index contributed by atoms with van der Waals surface area (Å²) >= 11 is 0. The number of rotatable bonds is 15. The van der Waals surface area contributed by atoms with Gasteiger partial charge in [0.2, 0.25) is 0 Å². The Morgan fingerprint density at radius 3 is 1.68 bits per heavy atom. The van der Waals surface area contributed by atoms with Crippen molar-refractivity contribution in [2.75, 3.05) is 19.7 Å². The topological polar surface area (TPSA) is 29.5 Å². The molecule has 0 saturated carbocycles. The second-order valence-electron chi connectivity index (χ2n) is 6.28. The van der Waals surface area contributed by atoms with Crippen LogP contribution in [0, 0.1) is 0 Å². The molecule has 0 saturated heterocycles. The minimum Gasteiger partial charge on any atom is -0.449 e. The molecule has 0 radical (unpaired) electrons. The molecule has 0 aliphatic carbocycles. The predicted octanol–water partition coefficient (Wildman–Crippen LogP) is 6.17. The summed E-state index contributed by atoms with van der Waals surface area (Å²) in [6.07, 6.45) is 14.2. The lowest BCUT2D eigenvalue weighted by atomic mass is 10.1. The van der Waals surface area contributed by atoms with Crippen LogP contribution in [0.3, 0.4) is 0 Å². The molecular formula is C19H39NO2. The highest BCUT2D eigenvalue weighted by Crippen LogP contribution is 2.07. The summed E-state index contributed by atoms with van der Waals surface area (Å²) < 4.78 is 5.46. The average molecular weight is 314 g/mol. The number of unbranched alkanes of at least 4 members (excludes halogenated alkanes) is 9. The van der Waals surface area contributed by atoms with Crippen molar-refractivity contribution < 1.29 is 9.53 Å². The van der Waals surface area contributed by atoms with Crippen LogP contribution < -0.4 is 0 Å². The molecule has 0 aromatic carbocycles. The van der Waals surface area contributed by atoms with E-state index in [1.807, 2.05) is 4.90 Å². The van der Waals surface area contributed by atoms with E-state index >= 15 is 0 Å². The molecule has 132 valence electrons. The Balaban J connectivity index is 3.83. The van der Waals surface area contributed by atoms with Gasteiger partial charge in [-0.3, -0.25) is 0 Å². The summed E-state index contributed by atoms with van der Waals surface area (Å²) in [5, 5.41) is 0. The molecule has 3 nitrogen and oxygen atoms in total. The van der Waals surface area contributed by atoms with Crippen molar-refractivity contribution in [1.29, 1.82) is 0 Å². The lowest BCUT2D eigenvalue weighted by Crippen LogP contribution is -2.33. The molecule has 3 heteroatoms. The largest absolute Gasteiger partial charge is 0.449 e. The lowest BCUT2D eigenvalue weighted by molar-refractivity contribution is 0.0990. The SMILES string of the molecule is CCCCCCCCOC(=O)N(CCCCC)CCCCC. The summed E-state index contributed by atoms with van der Waals surface area (Å²) in [7, 11) is 0. The smallest absolute Gasteiger partial charge is 0.409 e. The molecule has 0 bridgehead atoms. The maximum absolute atomic E-state index is 12.2. The van der Waals surface area contributed by atoms with Gasteiger partial charge in [-0.15, -0.1) is 0 Å². The molecule has 0 aliphatic rings. The van der Waals surface area contributed by atoms with E-state index in [1.54, 1.807) is 0 Å². The standard InChI is InChI=1S/C19H39NO2/c1-4-7-10-11-12-15-18-22-19(21)20(16-13-8-5-2)17-14-9-6-3/h4-18H2,1-3H3. The molecule has 0 aliphatic heterocycles. The molecule has 0 N–H and O–H groups in total. The van der Waals surface area contributed by atoms with Gasteiger partial charge in [0, 0.05) is 13.1 Å². The summed E-state index contributed by atoms with van der Waals surface area (Å²) in [4.78, 5) is 14.1.